The number of hydrogen-bond donors (Lipinski definition) is 3. The Morgan fingerprint density at radius 3 is 2.31 bits per heavy atom. The highest BCUT2D eigenvalue weighted by Crippen LogP contribution is 2.16. The van der Waals surface area contributed by atoms with Gasteiger partial charge in [0.05, 0.1) is 5.92 Å². The number of carboxylic acid groups (broad SMARTS) is 1. The second-order valence-electron chi connectivity index (χ2n) is 6.08. The van der Waals surface area contributed by atoms with Crippen molar-refractivity contribution >= 4 is 29.2 Å². The van der Waals surface area contributed by atoms with Gasteiger partial charge in [-0.25, -0.2) is 0 Å². The summed E-state index contributed by atoms with van der Waals surface area (Å²) in [6.45, 7) is 3.41. The summed E-state index contributed by atoms with van der Waals surface area (Å²) in [5, 5.41) is 14.5. The monoisotopic (exact) mass is 354 g/mol. The van der Waals surface area contributed by atoms with Crippen LogP contribution in [0.5, 0.6) is 0 Å². The first kappa shape index (κ1) is 19.2. The van der Waals surface area contributed by atoms with Crippen LogP contribution < -0.4 is 10.6 Å². The van der Waals surface area contributed by atoms with Crippen LogP contribution in [-0.4, -0.2) is 22.9 Å². The van der Waals surface area contributed by atoms with Gasteiger partial charge in [0.2, 0.25) is 5.91 Å². The predicted molar refractivity (Wildman–Crippen MR) is 100 cm³/mol. The molecule has 6 heteroatoms. The van der Waals surface area contributed by atoms with Crippen LogP contribution in [0.15, 0.2) is 48.5 Å². The minimum atomic E-state index is -0.836. The Hall–Kier alpha value is -3.15. The maximum Gasteiger partial charge on any atom is 0.306 e. The fourth-order valence-corrected chi connectivity index (χ4v) is 2.36. The molecule has 26 heavy (non-hydrogen) atoms. The van der Waals surface area contributed by atoms with Crippen LogP contribution in [0.1, 0.15) is 36.2 Å². The molecule has 0 saturated heterocycles. The summed E-state index contributed by atoms with van der Waals surface area (Å²) in [6, 6.07) is 13.8. The first-order chi connectivity index (χ1) is 12.4. The molecular weight excluding hydrogens is 332 g/mol. The van der Waals surface area contributed by atoms with Gasteiger partial charge < -0.3 is 15.7 Å². The van der Waals surface area contributed by atoms with Crippen LogP contribution in [0.3, 0.4) is 0 Å². The lowest BCUT2D eigenvalue weighted by atomic mass is 10.0. The molecule has 0 aliphatic carbocycles. The summed E-state index contributed by atoms with van der Waals surface area (Å²) in [5.74, 6) is -1.70. The fourth-order valence-electron chi connectivity index (χ4n) is 2.36. The molecule has 1 unspecified atom stereocenters. The molecule has 2 amide bonds. The zero-order valence-corrected chi connectivity index (χ0v) is 14.8. The van der Waals surface area contributed by atoms with E-state index < -0.39 is 11.9 Å². The molecule has 3 N–H and O–H groups in total. The molecular formula is C20H22N2O4. The number of rotatable bonds is 7. The van der Waals surface area contributed by atoms with E-state index in [2.05, 4.69) is 10.6 Å². The molecule has 0 aliphatic heterocycles. The van der Waals surface area contributed by atoms with E-state index in [1.54, 1.807) is 62.4 Å². The summed E-state index contributed by atoms with van der Waals surface area (Å²) < 4.78 is 0. The molecule has 2 aromatic carbocycles. The van der Waals surface area contributed by atoms with Crippen LogP contribution in [0, 0.1) is 5.92 Å². The van der Waals surface area contributed by atoms with Crippen molar-refractivity contribution in [1.82, 2.24) is 0 Å². The highest BCUT2D eigenvalue weighted by Gasteiger charge is 2.12. The predicted octanol–water partition coefficient (Wildman–Crippen LogP) is 3.55. The third kappa shape index (κ3) is 5.44. The van der Waals surface area contributed by atoms with E-state index in [1.807, 2.05) is 0 Å². The Kier molecular flexibility index (Phi) is 6.49. The standard InChI is InChI=1S/C20H22N2O4/c1-3-18(23)21-17-6-4-5-15(12-17)19(24)22-16-9-7-14(8-10-16)11-13(2)20(25)26/h4-10,12-13H,3,11H2,1-2H3,(H,21,23)(H,22,24)(H,25,26). The number of benzene rings is 2. The molecule has 1 atom stereocenters. The molecule has 0 aromatic heterocycles. The first-order valence-corrected chi connectivity index (χ1v) is 8.42. The van der Waals surface area contributed by atoms with Gasteiger partial charge in [0.15, 0.2) is 0 Å². The highest BCUT2D eigenvalue weighted by molar-refractivity contribution is 6.05. The van der Waals surface area contributed by atoms with Gasteiger partial charge in [-0.1, -0.05) is 32.0 Å². The summed E-state index contributed by atoms with van der Waals surface area (Å²) in [7, 11) is 0. The van der Waals surface area contributed by atoms with Gasteiger partial charge in [-0.15, -0.1) is 0 Å². The molecule has 0 aliphatic rings. The quantitative estimate of drug-likeness (QED) is 0.708. The zero-order chi connectivity index (χ0) is 19.1. The van der Waals surface area contributed by atoms with Crippen molar-refractivity contribution in [2.75, 3.05) is 10.6 Å². The third-order valence-electron chi connectivity index (χ3n) is 3.90. The molecule has 0 spiro atoms. The Bertz CT molecular complexity index is 800. The van der Waals surface area contributed by atoms with E-state index in [4.69, 9.17) is 5.11 Å². The van der Waals surface area contributed by atoms with Crippen LogP contribution in [0.2, 0.25) is 0 Å². The lowest BCUT2D eigenvalue weighted by Crippen LogP contribution is -2.14. The summed E-state index contributed by atoms with van der Waals surface area (Å²) >= 11 is 0. The summed E-state index contributed by atoms with van der Waals surface area (Å²) in [4.78, 5) is 34.7. The molecule has 0 radical (unpaired) electrons. The van der Waals surface area contributed by atoms with Crippen LogP contribution >= 0.6 is 0 Å². The molecule has 0 bridgehead atoms. The topological polar surface area (TPSA) is 95.5 Å². The molecule has 0 heterocycles. The van der Waals surface area contributed by atoms with Crippen molar-refractivity contribution in [1.29, 1.82) is 0 Å². The number of carbonyl (C=O) groups excluding carboxylic acids is 2. The SMILES string of the molecule is CCC(=O)Nc1cccc(C(=O)Nc2ccc(CC(C)C(=O)O)cc2)c1. The number of hydrogen-bond acceptors (Lipinski definition) is 3. The minimum Gasteiger partial charge on any atom is -0.481 e. The molecule has 2 aromatic rings. The number of anilines is 2. The van der Waals surface area contributed by atoms with E-state index in [1.165, 1.54) is 0 Å². The molecule has 6 nitrogen and oxygen atoms in total. The van der Waals surface area contributed by atoms with Crippen LogP contribution in [0.25, 0.3) is 0 Å². The first-order valence-electron chi connectivity index (χ1n) is 8.42. The average molecular weight is 354 g/mol. The van der Waals surface area contributed by atoms with Gasteiger partial charge in [0, 0.05) is 23.4 Å². The average Bonchev–Trinajstić information content (AvgIpc) is 2.63. The Labute approximate surface area is 152 Å². The Balaban J connectivity index is 2.02. The lowest BCUT2D eigenvalue weighted by molar-refractivity contribution is -0.141. The highest BCUT2D eigenvalue weighted by atomic mass is 16.4. The molecule has 0 fully saturated rings. The van der Waals surface area contributed by atoms with Gasteiger partial charge in [-0.3, -0.25) is 14.4 Å². The Morgan fingerprint density at radius 1 is 1.00 bits per heavy atom. The number of carboxylic acids is 1. The molecule has 0 saturated carbocycles. The number of aliphatic carboxylic acids is 1. The van der Waals surface area contributed by atoms with E-state index in [0.29, 0.717) is 29.8 Å². The lowest BCUT2D eigenvalue weighted by Gasteiger charge is -2.10. The summed E-state index contributed by atoms with van der Waals surface area (Å²) in [5.41, 5.74) is 2.51. The van der Waals surface area contributed by atoms with E-state index in [9.17, 15) is 14.4 Å². The maximum absolute atomic E-state index is 12.4. The maximum atomic E-state index is 12.4. The van der Waals surface area contributed by atoms with Crippen molar-refractivity contribution in [3.63, 3.8) is 0 Å². The fraction of sp³-hybridized carbons (Fsp3) is 0.250. The minimum absolute atomic E-state index is 0.117. The second-order valence-corrected chi connectivity index (χ2v) is 6.08. The normalized spacial score (nSPS) is 11.5. The van der Waals surface area contributed by atoms with Crippen molar-refractivity contribution in [3.8, 4) is 0 Å². The smallest absolute Gasteiger partial charge is 0.306 e. The third-order valence-corrected chi connectivity index (χ3v) is 3.90. The Morgan fingerprint density at radius 2 is 1.69 bits per heavy atom. The number of nitrogens with one attached hydrogen (secondary N) is 2. The summed E-state index contributed by atoms with van der Waals surface area (Å²) in [6.07, 6.45) is 0.798. The molecule has 136 valence electrons. The van der Waals surface area contributed by atoms with Crippen molar-refractivity contribution in [2.24, 2.45) is 5.92 Å². The van der Waals surface area contributed by atoms with E-state index >= 15 is 0 Å². The van der Waals surface area contributed by atoms with Gasteiger partial charge >= 0.3 is 5.97 Å². The second kappa shape index (κ2) is 8.80. The largest absolute Gasteiger partial charge is 0.481 e. The molecule has 2 rings (SSSR count). The van der Waals surface area contributed by atoms with Gasteiger partial charge in [0.1, 0.15) is 0 Å². The van der Waals surface area contributed by atoms with Crippen LogP contribution in [0.4, 0.5) is 11.4 Å². The van der Waals surface area contributed by atoms with E-state index in [0.717, 1.165) is 5.56 Å². The number of amides is 2. The zero-order valence-electron chi connectivity index (χ0n) is 14.8. The van der Waals surface area contributed by atoms with Gasteiger partial charge in [-0.05, 0) is 42.3 Å². The van der Waals surface area contributed by atoms with Crippen LogP contribution in [-0.2, 0) is 16.0 Å². The van der Waals surface area contributed by atoms with Gasteiger partial charge in [0.25, 0.3) is 5.91 Å². The van der Waals surface area contributed by atoms with Gasteiger partial charge in [-0.2, -0.15) is 0 Å². The van der Waals surface area contributed by atoms with E-state index in [-0.39, 0.29) is 11.8 Å². The van der Waals surface area contributed by atoms with Crippen molar-refractivity contribution in [2.45, 2.75) is 26.7 Å². The number of carbonyl (C=O) groups is 3. The van der Waals surface area contributed by atoms with Crippen molar-refractivity contribution < 1.29 is 19.5 Å². The van der Waals surface area contributed by atoms with Crippen molar-refractivity contribution in [3.05, 3.63) is 59.7 Å².